The topological polar surface area (TPSA) is 58.9 Å². The molecule has 0 unspecified atom stereocenters. The van der Waals surface area contributed by atoms with Crippen LogP contribution in [-0.2, 0) is 0 Å². The van der Waals surface area contributed by atoms with Crippen molar-refractivity contribution in [1.29, 1.82) is 0 Å². The van der Waals surface area contributed by atoms with Crippen molar-refractivity contribution >= 4 is 11.7 Å². The summed E-state index contributed by atoms with van der Waals surface area (Å²) in [6.45, 7) is 6.38. The van der Waals surface area contributed by atoms with E-state index in [0.29, 0.717) is 0 Å². The highest BCUT2D eigenvalue weighted by Gasteiger charge is 2.23. The number of amides is 2. The summed E-state index contributed by atoms with van der Waals surface area (Å²) in [7, 11) is 0. The fourth-order valence-electron chi connectivity index (χ4n) is 3.86. The molecule has 0 aliphatic carbocycles. The van der Waals surface area contributed by atoms with Gasteiger partial charge in [-0.25, -0.2) is 9.78 Å². The molecule has 29 heavy (non-hydrogen) atoms. The second-order valence-corrected chi connectivity index (χ2v) is 7.55. The Hall–Kier alpha value is -3.02. The number of nitrogens with zero attached hydrogens (tertiary/aromatic N) is 3. The van der Waals surface area contributed by atoms with E-state index in [2.05, 4.69) is 46.7 Å². The quantitative estimate of drug-likeness (QED) is 0.705. The van der Waals surface area contributed by atoms with Gasteiger partial charge in [-0.3, -0.25) is 0 Å². The van der Waals surface area contributed by atoms with Gasteiger partial charge in [-0.2, -0.15) is 0 Å². The second-order valence-electron chi connectivity index (χ2n) is 7.55. The van der Waals surface area contributed by atoms with Crippen LogP contribution in [0, 0.1) is 6.92 Å². The van der Waals surface area contributed by atoms with Crippen LogP contribution in [0.2, 0.25) is 0 Å². The molecule has 1 aliphatic heterocycles. The monoisotopic (exact) mass is 392 g/mol. The third-order valence-corrected chi connectivity index (χ3v) is 5.54. The van der Waals surface area contributed by atoms with Crippen LogP contribution in [0.1, 0.15) is 31.9 Å². The molecular formula is C23H28N4O2. The Morgan fingerprint density at radius 3 is 2.66 bits per heavy atom. The molecular weight excluding hydrogens is 364 g/mol. The maximum Gasteiger partial charge on any atom is 0.317 e. The molecule has 0 bridgehead atoms. The van der Waals surface area contributed by atoms with Crippen LogP contribution < -0.4 is 10.1 Å². The van der Waals surface area contributed by atoms with E-state index in [1.54, 1.807) is 0 Å². The van der Waals surface area contributed by atoms with Gasteiger partial charge in [0.05, 0.1) is 0 Å². The first-order valence-corrected chi connectivity index (χ1v) is 10.4. The molecule has 1 fully saturated rings. The number of nitrogens with one attached hydrogen (secondary N) is 1. The molecule has 1 aromatic carbocycles. The molecule has 2 amide bonds. The minimum Gasteiger partial charge on any atom is -0.490 e. The number of carbonyl (C=O) groups excluding carboxylic acids is 1. The van der Waals surface area contributed by atoms with Crippen molar-refractivity contribution in [2.24, 2.45) is 0 Å². The Bertz CT molecular complexity index is 972. The Labute approximate surface area is 171 Å². The number of aromatic nitrogens is 2. The lowest BCUT2D eigenvalue weighted by molar-refractivity contribution is 0.111. The first-order chi connectivity index (χ1) is 14.2. The molecule has 0 spiro atoms. The SMILES string of the molecule is CCCNC(=O)N1CCC(Oc2ccc(-c3ccc4nccn4c3C)cc2)CC1. The van der Waals surface area contributed by atoms with E-state index in [1.807, 2.05) is 35.5 Å². The van der Waals surface area contributed by atoms with Crippen LogP contribution in [0.25, 0.3) is 16.8 Å². The summed E-state index contributed by atoms with van der Waals surface area (Å²) < 4.78 is 8.27. The highest BCUT2D eigenvalue weighted by molar-refractivity contribution is 5.74. The van der Waals surface area contributed by atoms with Crippen LogP contribution in [0.15, 0.2) is 48.8 Å². The lowest BCUT2D eigenvalue weighted by Crippen LogP contribution is -2.46. The molecule has 6 nitrogen and oxygen atoms in total. The van der Waals surface area contributed by atoms with E-state index in [0.717, 1.165) is 55.9 Å². The lowest BCUT2D eigenvalue weighted by Gasteiger charge is -2.32. The largest absolute Gasteiger partial charge is 0.490 e. The lowest BCUT2D eigenvalue weighted by atomic mass is 10.0. The van der Waals surface area contributed by atoms with Crippen LogP contribution in [0.5, 0.6) is 5.75 Å². The molecule has 152 valence electrons. The van der Waals surface area contributed by atoms with Gasteiger partial charge in [-0.05, 0) is 43.2 Å². The number of carbonyl (C=O) groups is 1. The number of likely N-dealkylation sites (tertiary alicyclic amines) is 1. The number of rotatable bonds is 5. The van der Waals surface area contributed by atoms with Gasteiger partial charge in [0.15, 0.2) is 0 Å². The number of hydrogen-bond donors (Lipinski definition) is 1. The van der Waals surface area contributed by atoms with Crippen molar-refractivity contribution in [1.82, 2.24) is 19.6 Å². The Balaban J connectivity index is 1.36. The average molecular weight is 393 g/mol. The number of benzene rings is 1. The molecule has 2 aromatic heterocycles. The predicted octanol–water partition coefficient (Wildman–Crippen LogP) is 4.27. The standard InChI is InChI=1S/C23H28N4O2/c1-3-12-25-23(28)26-14-10-20(11-15-26)29-19-6-4-18(5-7-19)21-8-9-22-24-13-16-27(22)17(21)2/h4-9,13,16,20H,3,10-12,14-15H2,1-2H3,(H,25,28). The van der Waals surface area contributed by atoms with Gasteiger partial charge in [0.2, 0.25) is 0 Å². The summed E-state index contributed by atoms with van der Waals surface area (Å²) in [5.41, 5.74) is 4.48. The highest BCUT2D eigenvalue weighted by atomic mass is 16.5. The molecule has 3 aromatic rings. The first kappa shape index (κ1) is 19.3. The highest BCUT2D eigenvalue weighted by Crippen LogP contribution is 2.27. The van der Waals surface area contributed by atoms with Gasteiger partial charge in [-0.1, -0.05) is 19.1 Å². The molecule has 1 N–H and O–H groups in total. The fourth-order valence-corrected chi connectivity index (χ4v) is 3.86. The number of imidazole rings is 1. The van der Waals surface area contributed by atoms with Gasteiger partial charge >= 0.3 is 6.03 Å². The number of hydrogen-bond acceptors (Lipinski definition) is 3. The maximum atomic E-state index is 12.1. The third-order valence-electron chi connectivity index (χ3n) is 5.54. The van der Waals surface area contributed by atoms with Crippen molar-refractivity contribution in [3.63, 3.8) is 0 Å². The minimum atomic E-state index is 0.0416. The molecule has 1 saturated heterocycles. The molecule has 0 radical (unpaired) electrons. The van der Waals surface area contributed by atoms with Crippen LogP contribution in [0.4, 0.5) is 4.79 Å². The van der Waals surface area contributed by atoms with Crippen LogP contribution in [0.3, 0.4) is 0 Å². The van der Waals surface area contributed by atoms with E-state index >= 15 is 0 Å². The Morgan fingerprint density at radius 2 is 1.93 bits per heavy atom. The smallest absolute Gasteiger partial charge is 0.317 e. The van der Waals surface area contributed by atoms with Gasteiger partial charge in [0, 0.05) is 56.1 Å². The Kier molecular flexibility index (Phi) is 5.69. The number of piperidine rings is 1. The second kappa shape index (κ2) is 8.55. The minimum absolute atomic E-state index is 0.0416. The molecule has 4 rings (SSSR count). The zero-order valence-electron chi connectivity index (χ0n) is 17.1. The number of aryl methyl sites for hydroxylation is 1. The molecule has 6 heteroatoms. The van der Waals surface area contributed by atoms with Crippen molar-refractivity contribution in [3.8, 4) is 16.9 Å². The zero-order valence-corrected chi connectivity index (χ0v) is 17.1. The van der Waals surface area contributed by atoms with Gasteiger partial charge < -0.3 is 19.4 Å². The zero-order chi connectivity index (χ0) is 20.2. The predicted molar refractivity (Wildman–Crippen MR) is 114 cm³/mol. The van der Waals surface area contributed by atoms with E-state index in [1.165, 1.54) is 11.3 Å². The number of ether oxygens (including phenoxy) is 1. The summed E-state index contributed by atoms with van der Waals surface area (Å²) in [6.07, 6.45) is 6.63. The molecule has 0 atom stereocenters. The summed E-state index contributed by atoms with van der Waals surface area (Å²) in [4.78, 5) is 18.3. The van der Waals surface area contributed by atoms with Crippen molar-refractivity contribution in [2.75, 3.05) is 19.6 Å². The Morgan fingerprint density at radius 1 is 1.17 bits per heavy atom. The molecule has 1 aliphatic rings. The molecule has 3 heterocycles. The van der Waals surface area contributed by atoms with E-state index in [-0.39, 0.29) is 12.1 Å². The summed E-state index contributed by atoms with van der Waals surface area (Å²) in [6, 6.07) is 12.5. The van der Waals surface area contributed by atoms with Crippen molar-refractivity contribution in [2.45, 2.75) is 39.2 Å². The summed E-state index contributed by atoms with van der Waals surface area (Å²) in [5, 5.41) is 2.94. The van der Waals surface area contributed by atoms with E-state index in [4.69, 9.17) is 4.74 Å². The van der Waals surface area contributed by atoms with Gasteiger partial charge in [-0.15, -0.1) is 0 Å². The number of urea groups is 1. The third kappa shape index (κ3) is 4.21. The van der Waals surface area contributed by atoms with Gasteiger partial charge in [0.1, 0.15) is 17.5 Å². The van der Waals surface area contributed by atoms with Crippen molar-refractivity contribution in [3.05, 3.63) is 54.5 Å². The normalized spacial score (nSPS) is 14.9. The number of pyridine rings is 1. The first-order valence-electron chi connectivity index (χ1n) is 10.4. The van der Waals surface area contributed by atoms with Crippen LogP contribution in [-0.4, -0.2) is 46.1 Å². The van der Waals surface area contributed by atoms with Gasteiger partial charge in [0.25, 0.3) is 0 Å². The summed E-state index contributed by atoms with van der Waals surface area (Å²) in [5.74, 6) is 0.879. The fraction of sp³-hybridized carbons (Fsp3) is 0.391. The summed E-state index contributed by atoms with van der Waals surface area (Å²) >= 11 is 0. The number of fused-ring (bicyclic) bond motifs is 1. The maximum absolute atomic E-state index is 12.1. The molecule has 0 saturated carbocycles. The van der Waals surface area contributed by atoms with E-state index in [9.17, 15) is 4.79 Å². The average Bonchev–Trinajstić information content (AvgIpc) is 3.23. The van der Waals surface area contributed by atoms with Crippen LogP contribution >= 0.6 is 0 Å². The van der Waals surface area contributed by atoms with Crippen molar-refractivity contribution < 1.29 is 9.53 Å². The van der Waals surface area contributed by atoms with E-state index < -0.39 is 0 Å².